The van der Waals surface area contributed by atoms with Crippen molar-refractivity contribution in [3.63, 3.8) is 0 Å². The average molecular weight is 330 g/mol. The predicted molar refractivity (Wildman–Crippen MR) is 88.8 cm³/mol. The van der Waals surface area contributed by atoms with Crippen LogP contribution < -0.4 is 0 Å². The van der Waals surface area contributed by atoms with Crippen molar-refractivity contribution in [2.24, 2.45) is 41.4 Å². The standard InChI is InChI=1S/C20H26O4/c1-12(10-23-19(21)17-8-13-2-4-15(17)6-13)11-24-20(22)18-9-14-3-5-16(18)7-14/h2-5,12-18H,6-11H2,1H3. The first-order valence-corrected chi connectivity index (χ1v) is 9.30. The zero-order valence-corrected chi connectivity index (χ0v) is 14.2. The van der Waals surface area contributed by atoms with Crippen molar-refractivity contribution in [2.45, 2.75) is 32.6 Å². The summed E-state index contributed by atoms with van der Waals surface area (Å²) in [7, 11) is 0. The van der Waals surface area contributed by atoms with Crippen molar-refractivity contribution in [1.29, 1.82) is 0 Å². The third-order valence-corrected chi connectivity index (χ3v) is 6.18. The van der Waals surface area contributed by atoms with E-state index >= 15 is 0 Å². The Bertz CT molecular complexity index is 528. The molecule has 0 amide bonds. The van der Waals surface area contributed by atoms with Gasteiger partial charge in [0, 0.05) is 5.92 Å². The summed E-state index contributed by atoms with van der Waals surface area (Å²) in [4.78, 5) is 24.4. The summed E-state index contributed by atoms with van der Waals surface area (Å²) >= 11 is 0. The lowest BCUT2D eigenvalue weighted by molar-refractivity contribution is -0.154. The van der Waals surface area contributed by atoms with Crippen molar-refractivity contribution in [1.82, 2.24) is 0 Å². The molecule has 6 unspecified atom stereocenters. The molecule has 0 radical (unpaired) electrons. The Morgan fingerprint density at radius 2 is 1.29 bits per heavy atom. The van der Waals surface area contributed by atoms with Gasteiger partial charge in [0.25, 0.3) is 0 Å². The van der Waals surface area contributed by atoms with E-state index in [2.05, 4.69) is 24.3 Å². The first-order valence-electron chi connectivity index (χ1n) is 9.30. The molecule has 4 heteroatoms. The smallest absolute Gasteiger partial charge is 0.309 e. The second-order valence-electron chi connectivity index (χ2n) is 8.14. The molecule has 4 nitrogen and oxygen atoms in total. The molecule has 6 atom stereocenters. The molecule has 0 aromatic carbocycles. The number of hydrogen-bond donors (Lipinski definition) is 0. The van der Waals surface area contributed by atoms with Gasteiger partial charge in [-0.2, -0.15) is 0 Å². The fourth-order valence-electron chi connectivity index (χ4n) is 4.81. The Balaban J connectivity index is 1.17. The van der Waals surface area contributed by atoms with Crippen molar-refractivity contribution in [3.05, 3.63) is 24.3 Å². The minimum absolute atomic E-state index is 0.0376. The number of fused-ring (bicyclic) bond motifs is 4. The lowest BCUT2D eigenvalue weighted by Gasteiger charge is -2.20. The van der Waals surface area contributed by atoms with E-state index in [0.717, 1.165) is 25.7 Å². The number of carbonyl (C=O) groups excluding carboxylic acids is 2. The van der Waals surface area contributed by atoms with Crippen molar-refractivity contribution in [3.8, 4) is 0 Å². The van der Waals surface area contributed by atoms with Crippen LogP contribution in [-0.4, -0.2) is 25.2 Å². The Hall–Kier alpha value is -1.58. The zero-order chi connectivity index (χ0) is 16.7. The van der Waals surface area contributed by atoms with Crippen LogP contribution in [0.5, 0.6) is 0 Å². The van der Waals surface area contributed by atoms with E-state index in [1.54, 1.807) is 0 Å². The van der Waals surface area contributed by atoms with E-state index in [0.29, 0.717) is 36.9 Å². The lowest BCUT2D eigenvalue weighted by Crippen LogP contribution is -2.27. The van der Waals surface area contributed by atoms with Gasteiger partial charge in [-0.3, -0.25) is 9.59 Å². The van der Waals surface area contributed by atoms with Gasteiger partial charge in [0.15, 0.2) is 0 Å². The SMILES string of the molecule is CC(COC(=O)C1CC2C=CC1C2)COC(=O)C1CC2C=CC1C2. The summed E-state index contributed by atoms with van der Waals surface area (Å²) < 4.78 is 10.9. The van der Waals surface area contributed by atoms with Crippen molar-refractivity contribution >= 4 is 11.9 Å². The van der Waals surface area contributed by atoms with Gasteiger partial charge in [-0.15, -0.1) is 0 Å². The van der Waals surface area contributed by atoms with E-state index in [1.165, 1.54) is 0 Å². The molecule has 2 saturated carbocycles. The minimum Gasteiger partial charge on any atom is -0.465 e. The van der Waals surface area contributed by atoms with Gasteiger partial charge in [0.05, 0.1) is 25.0 Å². The van der Waals surface area contributed by atoms with Gasteiger partial charge in [0.1, 0.15) is 0 Å². The van der Waals surface area contributed by atoms with E-state index in [9.17, 15) is 9.59 Å². The molecular formula is C20H26O4. The van der Waals surface area contributed by atoms with E-state index < -0.39 is 0 Å². The van der Waals surface area contributed by atoms with Crippen molar-refractivity contribution in [2.75, 3.05) is 13.2 Å². The van der Waals surface area contributed by atoms with E-state index in [-0.39, 0.29) is 29.7 Å². The lowest BCUT2D eigenvalue weighted by atomic mass is 9.94. The summed E-state index contributed by atoms with van der Waals surface area (Å²) in [5, 5.41) is 0. The highest BCUT2D eigenvalue weighted by Gasteiger charge is 2.42. The highest BCUT2D eigenvalue weighted by molar-refractivity contribution is 5.74. The second-order valence-corrected chi connectivity index (χ2v) is 8.14. The van der Waals surface area contributed by atoms with Crippen LogP contribution in [0.4, 0.5) is 0 Å². The largest absolute Gasteiger partial charge is 0.465 e. The topological polar surface area (TPSA) is 52.6 Å². The predicted octanol–water partition coefficient (Wildman–Crippen LogP) is 3.13. The van der Waals surface area contributed by atoms with Crippen LogP contribution >= 0.6 is 0 Å². The van der Waals surface area contributed by atoms with Gasteiger partial charge in [-0.1, -0.05) is 31.2 Å². The molecule has 0 N–H and O–H groups in total. The molecule has 0 heterocycles. The molecule has 0 aliphatic heterocycles. The maximum atomic E-state index is 12.2. The Labute approximate surface area is 143 Å². The maximum absolute atomic E-state index is 12.2. The summed E-state index contributed by atoms with van der Waals surface area (Å²) in [5.74, 6) is 1.85. The monoisotopic (exact) mass is 330 g/mol. The average Bonchev–Trinajstić information content (AvgIpc) is 3.37. The fourth-order valence-corrected chi connectivity index (χ4v) is 4.81. The molecule has 0 aromatic heterocycles. The summed E-state index contributed by atoms with van der Waals surface area (Å²) in [6.45, 7) is 2.63. The maximum Gasteiger partial charge on any atom is 0.309 e. The van der Waals surface area contributed by atoms with Crippen molar-refractivity contribution < 1.29 is 19.1 Å². The Kier molecular flexibility index (Phi) is 4.23. The van der Waals surface area contributed by atoms with Crippen LogP contribution in [0.15, 0.2) is 24.3 Å². The van der Waals surface area contributed by atoms with Crippen LogP contribution in [0.3, 0.4) is 0 Å². The van der Waals surface area contributed by atoms with Gasteiger partial charge in [-0.25, -0.2) is 0 Å². The fraction of sp³-hybridized carbons (Fsp3) is 0.700. The molecule has 4 rings (SSSR count). The number of allylic oxidation sites excluding steroid dienone is 4. The molecule has 4 aliphatic rings. The third kappa shape index (κ3) is 3.03. The van der Waals surface area contributed by atoms with Crippen LogP contribution in [0.25, 0.3) is 0 Å². The quantitative estimate of drug-likeness (QED) is 0.554. The molecule has 4 aliphatic carbocycles. The Morgan fingerprint density at radius 3 is 1.62 bits per heavy atom. The van der Waals surface area contributed by atoms with Gasteiger partial charge < -0.3 is 9.47 Å². The third-order valence-electron chi connectivity index (χ3n) is 6.18. The number of hydrogen-bond acceptors (Lipinski definition) is 4. The zero-order valence-electron chi connectivity index (χ0n) is 14.2. The summed E-state index contributed by atoms with van der Waals surface area (Å²) in [6.07, 6.45) is 12.8. The highest BCUT2D eigenvalue weighted by Crippen LogP contribution is 2.44. The van der Waals surface area contributed by atoms with E-state index in [1.807, 2.05) is 6.92 Å². The second kappa shape index (κ2) is 6.38. The summed E-state index contributed by atoms with van der Waals surface area (Å²) in [6, 6.07) is 0. The van der Waals surface area contributed by atoms with Crippen LogP contribution in [0, 0.1) is 41.4 Å². The van der Waals surface area contributed by atoms with Gasteiger partial charge in [-0.05, 0) is 49.4 Å². The first kappa shape index (κ1) is 15.9. The molecular weight excluding hydrogens is 304 g/mol. The van der Waals surface area contributed by atoms with Gasteiger partial charge >= 0.3 is 11.9 Å². The first-order chi connectivity index (χ1) is 11.6. The molecule has 24 heavy (non-hydrogen) atoms. The summed E-state index contributed by atoms with van der Waals surface area (Å²) in [5.41, 5.74) is 0. The molecule has 0 saturated heterocycles. The molecule has 0 aromatic rings. The van der Waals surface area contributed by atoms with Crippen LogP contribution in [-0.2, 0) is 19.1 Å². The molecule has 0 spiro atoms. The number of rotatable bonds is 6. The Morgan fingerprint density at radius 1 is 0.833 bits per heavy atom. The van der Waals surface area contributed by atoms with Crippen LogP contribution in [0.2, 0.25) is 0 Å². The van der Waals surface area contributed by atoms with Crippen LogP contribution in [0.1, 0.15) is 32.6 Å². The minimum atomic E-state index is -0.0803. The highest BCUT2D eigenvalue weighted by atomic mass is 16.5. The molecule has 2 fully saturated rings. The normalized spacial score (nSPS) is 39.4. The van der Waals surface area contributed by atoms with E-state index in [4.69, 9.17) is 9.47 Å². The molecule has 4 bridgehead atoms. The number of carbonyl (C=O) groups is 2. The molecule has 130 valence electrons. The van der Waals surface area contributed by atoms with Gasteiger partial charge in [0.2, 0.25) is 0 Å². The number of esters is 2. The number of ether oxygens (including phenoxy) is 2.